The summed E-state index contributed by atoms with van der Waals surface area (Å²) < 4.78 is 3.53. The van der Waals surface area contributed by atoms with Crippen LogP contribution in [0.2, 0.25) is 0 Å². The number of hydrogen-bond acceptors (Lipinski definition) is 4. The zero-order chi connectivity index (χ0) is 18.6. The van der Waals surface area contributed by atoms with E-state index in [0.717, 1.165) is 39.6 Å². The smallest absolute Gasteiger partial charge is 0.332 e. The Morgan fingerprint density at radius 2 is 1.84 bits per heavy atom. The van der Waals surface area contributed by atoms with Crippen molar-refractivity contribution < 1.29 is 4.79 Å². The van der Waals surface area contributed by atoms with Gasteiger partial charge in [-0.05, 0) is 41.3 Å². The average Bonchev–Trinajstić information content (AvgIpc) is 2.87. The van der Waals surface area contributed by atoms with E-state index in [4.69, 9.17) is 0 Å². The summed E-state index contributed by atoms with van der Waals surface area (Å²) in [6, 6.07) is 0. The zero-order valence-electron chi connectivity index (χ0n) is 14.9. The molecule has 0 saturated heterocycles. The van der Waals surface area contributed by atoms with Gasteiger partial charge >= 0.3 is 5.69 Å². The molecule has 0 radical (unpaired) electrons. The van der Waals surface area contributed by atoms with Crippen molar-refractivity contribution in [1.82, 2.24) is 14.5 Å². The Kier molecular flexibility index (Phi) is 7.01. The topological polar surface area (TPSA) is 73.1 Å². The van der Waals surface area contributed by atoms with E-state index in [0.29, 0.717) is 23.3 Å². The number of fused-ring (bicyclic) bond motifs is 1. The molecule has 8 heteroatoms. The Morgan fingerprint density at radius 3 is 2.48 bits per heavy atom. The van der Waals surface area contributed by atoms with Crippen LogP contribution in [0.15, 0.2) is 13.4 Å². The largest absolute Gasteiger partial charge is 0.355 e. The Morgan fingerprint density at radius 1 is 1.16 bits per heavy atom. The number of nitrogens with zero attached hydrogens (tertiary/aromatic N) is 2. The van der Waals surface area contributed by atoms with Crippen LogP contribution in [0.25, 0.3) is 10.2 Å². The van der Waals surface area contributed by atoms with Crippen LogP contribution in [0.3, 0.4) is 0 Å². The van der Waals surface area contributed by atoms with E-state index in [1.165, 1.54) is 11.3 Å². The van der Waals surface area contributed by atoms with Crippen LogP contribution in [0.5, 0.6) is 0 Å². The Hall–Kier alpha value is -1.41. The van der Waals surface area contributed by atoms with Crippen LogP contribution in [0, 0.1) is 6.92 Å². The van der Waals surface area contributed by atoms with Gasteiger partial charge in [-0.2, -0.15) is 0 Å². The highest BCUT2D eigenvalue weighted by Gasteiger charge is 2.20. The van der Waals surface area contributed by atoms with Gasteiger partial charge in [0.2, 0.25) is 5.91 Å². The molecule has 2 aromatic heterocycles. The molecule has 138 valence electrons. The van der Waals surface area contributed by atoms with Gasteiger partial charge in [0.05, 0.1) is 9.17 Å². The molecule has 0 fully saturated rings. The van der Waals surface area contributed by atoms with Crippen molar-refractivity contribution in [1.29, 1.82) is 0 Å². The molecule has 0 aromatic carbocycles. The Bertz CT molecular complexity index is 882. The molecule has 2 aromatic rings. The third-order valence-electron chi connectivity index (χ3n) is 4.13. The molecular formula is C17H24BrN3O3S. The second kappa shape index (κ2) is 8.80. The van der Waals surface area contributed by atoms with Crippen molar-refractivity contribution in [2.45, 2.75) is 59.5 Å². The SMILES string of the molecule is CCCCNC(=O)Cn1c(=O)c2c(C)c(Br)sc2n(CCCC)c1=O. The minimum absolute atomic E-state index is 0.240. The third kappa shape index (κ3) is 4.23. The number of rotatable bonds is 8. The second-order valence-corrected chi connectivity index (χ2v) is 8.38. The quantitative estimate of drug-likeness (QED) is 0.655. The fourth-order valence-corrected chi connectivity index (χ4v) is 4.33. The van der Waals surface area contributed by atoms with Gasteiger partial charge in [-0.1, -0.05) is 26.7 Å². The van der Waals surface area contributed by atoms with E-state index in [9.17, 15) is 14.4 Å². The maximum atomic E-state index is 12.8. The molecule has 0 aliphatic rings. The maximum absolute atomic E-state index is 12.8. The van der Waals surface area contributed by atoms with Gasteiger partial charge in [0.1, 0.15) is 11.4 Å². The number of carbonyl (C=O) groups is 1. The Balaban J connectivity index is 2.52. The highest BCUT2D eigenvalue weighted by atomic mass is 79.9. The highest BCUT2D eigenvalue weighted by Crippen LogP contribution is 2.32. The predicted octanol–water partition coefficient (Wildman–Crippen LogP) is 3.01. The van der Waals surface area contributed by atoms with Crippen molar-refractivity contribution >= 4 is 43.4 Å². The molecule has 0 bridgehead atoms. The first-order valence-corrected chi connectivity index (χ1v) is 10.2. The fraction of sp³-hybridized carbons (Fsp3) is 0.588. The highest BCUT2D eigenvalue weighted by molar-refractivity contribution is 9.11. The van der Waals surface area contributed by atoms with Crippen molar-refractivity contribution in [2.24, 2.45) is 0 Å². The lowest BCUT2D eigenvalue weighted by atomic mass is 10.2. The van der Waals surface area contributed by atoms with E-state index < -0.39 is 11.2 Å². The van der Waals surface area contributed by atoms with Crippen molar-refractivity contribution in [3.8, 4) is 0 Å². The van der Waals surface area contributed by atoms with Gasteiger partial charge in [0, 0.05) is 13.1 Å². The van der Waals surface area contributed by atoms with Gasteiger partial charge < -0.3 is 5.32 Å². The molecule has 0 spiro atoms. The summed E-state index contributed by atoms with van der Waals surface area (Å²) in [5.41, 5.74) is 0.0126. The molecule has 2 heterocycles. The molecule has 0 aliphatic heterocycles. The van der Waals surface area contributed by atoms with Gasteiger partial charge in [-0.25, -0.2) is 4.79 Å². The first-order valence-electron chi connectivity index (χ1n) is 8.61. The lowest BCUT2D eigenvalue weighted by molar-refractivity contribution is -0.121. The molecule has 1 N–H and O–H groups in total. The molecule has 0 unspecified atom stereocenters. The Labute approximate surface area is 159 Å². The number of thiophene rings is 1. The van der Waals surface area contributed by atoms with Crippen LogP contribution in [0.4, 0.5) is 0 Å². The van der Waals surface area contributed by atoms with E-state index in [2.05, 4.69) is 28.2 Å². The fourth-order valence-electron chi connectivity index (χ4n) is 2.62. The van der Waals surface area contributed by atoms with Crippen molar-refractivity contribution in [3.05, 3.63) is 30.2 Å². The first-order chi connectivity index (χ1) is 11.9. The number of amides is 1. The van der Waals surface area contributed by atoms with Gasteiger partial charge in [0.15, 0.2) is 0 Å². The predicted molar refractivity (Wildman–Crippen MR) is 106 cm³/mol. The summed E-state index contributed by atoms with van der Waals surface area (Å²) in [4.78, 5) is 38.5. The molecule has 2 rings (SSSR count). The lowest BCUT2D eigenvalue weighted by Crippen LogP contribution is -2.43. The number of halogens is 1. The van der Waals surface area contributed by atoms with Crippen LogP contribution < -0.4 is 16.6 Å². The van der Waals surface area contributed by atoms with Crippen LogP contribution >= 0.6 is 27.3 Å². The molecule has 1 amide bonds. The second-order valence-electron chi connectivity index (χ2n) is 6.06. The summed E-state index contributed by atoms with van der Waals surface area (Å²) >= 11 is 4.86. The number of aromatic nitrogens is 2. The van der Waals surface area contributed by atoms with Gasteiger partial charge in [0.25, 0.3) is 5.56 Å². The standard InChI is InChI=1S/C17H24BrN3O3S/c1-4-6-8-19-12(22)10-21-15(23)13-11(3)14(18)25-16(13)20(17(21)24)9-7-5-2/h4-10H2,1-3H3,(H,19,22). The van der Waals surface area contributed by atoms with Crippen molar-refractivity contribution in [3.63, 3.8) is 0 Å². The van der Waals surface area contributed by atoms with Crippen LogP contribution in [0.1, 0.15) is 45.1 Å². The first kappa shape index (κ1) is 19.9. The summed E-state index contributed by atoms with van der Waals surface area (Å²) in [6.45, 7) is 6.79. The molecule has 0 aliphatic carbocycles. The zero-order valence-corrected chi connectivity index (χ0v) is 17.3. The van der Waals surface area contributed by atoms with E-state index in [-0.39, 0.29) is 12.5 Å². The van der Waals surface area contributed by atoms with Gasteiger partial charge in [-0.15, -0.1) is 11.3 Å². The molecule has 0 atom stereocenters. The number of unbranched alkanes of at least 4 members (excludes halogenated alkanes) is 2. The van der Waals surface area contributed by atoms with Crippen LogP contribution in [-0.2, 0) is 17.9 Å². The maximum Gasteiger partial charge on any atom is 0.332 e. The number of nitrogens with one attached hydrogen (secondary N) is 1. The molecule has 6 nitrogen and oxygen atoms in total. The summed E-state index contributed by atoms with van der Waals surface area (Å²) in [7, 11) is 0. The minimum Gasteiger partial charge on any atom is -0.355 e. The van der Waals surface area contributed by atoms with Crippen LogP contribution in [-0.4, -0.2) is 21.6 Å². The molecule has 0 saturated carbocycles. The van der Waals surface area contributed by atoms with E-state index in [1.807, 2.05) is 13.8 Å². The monoisotopic (exact) mass is 429 g/mol. The number of aryl methyl sites for hydroxylation is 2. The molecule has 25 heavy (non-hydrogen) atoms. The lowest BCUT2D eigenvalue weighted by Gasteiger charge is -2.12. The number of carbonyl (C=O) groups excluding carboxylic acids is 1. The summed E-state index contributed by atoms with van der Waals surface area (Å²) in [6.07, 6.45) is 3.62. The van der Waals surface area contributed by atoms with E-state index >= 15 is 0 Å². The summed E-state index contributed by atoms with van der Waals surface area (Å²) in [5.74, 6) is -0.305. The average molecular weight is 430 g/mol. The van der Waals surface area contributed by atoms with E-state index in [1.54, 1.807) is 4.57 Å². The number of hydrogen-bond donors (Lipinski definition) is 1. The van der Waals surface area contributed by atoms with Crippen molar-refractivity contribution in [2.75, 3.05) is 6.54 Å². The summed E-state index contributed by atoms with van der Waals surface area (Å²) in [5, 5.41) is 3.29. The van der Waals surface area contributed by atoms with Gasteiger partial charge in [-0.3, -0.25) is 18.7 Å². The third-order valence-corrected chi connectivity index (χ3v) is 6.31. The molecular weight excluding hydrogens is 406 g/mol. The minimum atomic E-state index is -0.412. The normalized spacial score (nSPS) is 11.2.